The number of carbonyl (C=O) groups is 1. The maximum absolute atomic E-state index is 12.7. The maximum atomic E-state index is 12.7. The number of sulfonamides is 1. The minimum absolute atomic E-state index is 0.0888. The van der Waals surface area contributed by atoms with Crippen LogP contribution in [0.4, 0.5) is 0 Å². The fraction of sp³-hybridized carbons (Fsp3) is 0.133. The van der Waals surface area contributed by atoms with Crippen LogP contribution < -0.4 is 11.3 Å². The highest BCUT2D eigenvalue weighted by Crippen LogP contribution is 2.17. The van der Waals surface area contributed by atoms with Crippen molar-refractivity contribution in [3.05, 3.63) is 66.2 Å². The molecular weight excluding hydrogens is 302 g/mol. The summed E-state index contributed by atoms with van der Waals surface area (Å²) >= 11 is 0. The van der Waals surface area contributed by atoms with Crippen molar-refractivity contribution in [3.63, 3.8) is 0 Å². The number of hydrogen-bond acceptors (Lipinski definition) is 4. The van der Waals surface area contributed by atoms with Crippen molar-refractivity contribution in [2.45, 2.75) is 11.4 Å². The molecule has 0 saturated carbocycles. The first-order chi connectivity index (χ1) is 10.5. The van der Waals surface area contributed by atoms with Crippen LogP contribution in [0, 0.1) is 0 Å². The highest BCUT2D eigenvalue weighted by atomic mass is 32.2. The Kier molecular flexibility index (Phi) is 5.26. The van der Waals surface area contributed by atoms with Gasteiger partial charge < -0.3 is 0 Å². The zero-order valence-electron chi connectivity index (χ0n) is 11.8. The fourth-order valence-electron chi connectivity index (χ4n) is 1.96. The average molecular weight is 319 g/mol. The summed E-state index contributed by atoms with van der Waals surface area (Å²) in [6.45, 7) is -0.256. The molecule has 22 heavy (non-hydrogen) atoms. The molecule has 0 aliphatic heterocycles. The van der Waals surface area contributed by atoms with Crippen LogP contribution in [0.5, 0.6) is 0 Å². The Bertz CT molecular complexity index is 718. The maximum Gasteiger partial charge on any atom is 0.249 e. The standard InChI is InChI=1S/C15H17N3O3S/c16-17-15(19)12-18(11-13-7-3-1-4-8-13)22(20,21)14-9-5-2-6-10-14/h1-10H,11-12,16H2,(H,17,19). The predicted octanol–water partition coefficient (Wildman–Crippen LogP) is 0.867. The second kappa shape index (κ2) is 7.17. The number of amides is 1. The Morgan fingerprint density at radius 1 is 1.00 bits per heavy atom. The van der Waals surface area contributed by atoms with Gasteiger partial charge in [-0.1, -0.05) is 48.5 Å². The Morgan fingerprint density at radius 2 is 1.55 bits per heavy atom. The van der Waals surface area contributed by atoms with Gasteiger partial charge in [0.2, 0.25) is 15.9 Å². The number of nitrogens with one attached hydrogen (secondary N) is 1. The van der Waals surface area contributed by atoms with Crippen LogP contribution in [0.2, 0.25) is 0 Å². The lowest BCUT2D eigenvalue weighted by Crippen LogP contribution is -2.42. The molecule has 0 atom stereocenters. The number of carbonyl (C=O) groups excluding carboxylic acids is 1. The van der Waals surface area contributed by atoms with Gasteiger partial charge in [-0.25, -0.2) is 14.3 Å². The van der Waals surface area contributed by atoms with E-state index in [1.165, 1.54) is 12.1 Å². The number of nitrogens with zero attached hydrogens (tertiary/aromatic N) is 1. The molecular formula is C15H17N3O3S. The Morgan fingerprint density at radius 3 is 2.09 bits per heavy atom. The molecule has 0 aromatic heterocycles. The van der Waals surface area contributed by atoms with Gasteiger partial charge in [-0.2, -0.15) is 4.31 Å². The van der Waals surface area contributed by atoms with Gasteiger partial charge in [-0.15, -0.1) is 0 Å². The van der Waals surface area contributed by atoms with Crippen LogP contribution in [0.1, 0.15) is 5.56 Å². The number of rotatable bonds is 6. The normalized spacial score (nSPS) is 11.4. The molecule has 6 nitrogen and oxygen atoms in total. The van der Waals surface area contributed by atoms with E-state index in [0.29, 0.717) is 0 Å². The van der Waals surface area contributed by atoms with Crippen molar-refractivity contribution in [1.29, 1.82) is 0 Å². The third-order valence-electron chi connectivity index (χ3n) is 3.06. The lowest BCUT2D eigenvalue weighted by atomic mass is 10.2. The van der Waals surface area contributed by atoms with Gasteiger partial charge in [0.1, 0.15) is 0 Å². The lowest BCUT2D eigenvalue weighted by molar-refractivity contribution is -0.121. The summed E-state index contributed by atoms with van der Waals surface area (Å²) in [6, 6.07) is 17.0. The summed E-state index contributed by atoms with van der Waals surface area (Å²) in [5.74, 6) is 4.50. The third-order valence-corrected chi connectivity index (χ3v) is 4.87. The molecule has 2 aromatic rings. The summed E-state index contributed by atoms with van der Waals surface area (Å²) < 4.78 is 26.5. The second-order valence-corrected chi connectivity index (χ2v) is 6.58. The molecule has 0 heterocycles. The van der Waals surface area contributed by atoms with E-state index in [4.69, 9.17) is 5.84 Å². The summed E-state index contributed by atoms with van der Waals surface area (Å²) in [5, 5.41) is 0. The van der Waals surface area contributed by atoms with Gasteiger partial charge in [0.25, 0.3) is 0 Å². The SMILES string of the molecule is NNC(=O)CN(Cc1ccccc1)S(=O)(=O)c1ccccc1. The largest absolute Gasteiger partial charge is 0.293 e. The van der Waals surface area contributed by atoms with Crippen LogP contribution in [0.25, 0.3) is 0 Å². The van der Waals surface area contributed by atoms with Crippen molar-refractivity contribution in [2.24, 2.45) is 5.84 Å². The monoisotopic (exact) mass is 319 g/mol. The Balaban J connectivity index is 2.33. The van der Waals surface area contributed by atoms with Crippen LogP contribution in [0.15, 0.2) is 65.6 Å². The number of benzene rings is 2. The molecule has 0 bridgehead atoms. The van der Waals surface area contributed by atoms with E-state index in [1.807, 2.05) is 23.6 Å². The quantitative estimate of drug-likeness (QED) is 0.469. The van der Waals surface area contributed by atoms with Gasteiger partial charge >= 0.3 is 0 Å². The van der Waals surface area contributed by atoms with Crippen LogP contribution in [-0.2, 0) is 21.4 Å². The van der Waals surface area contributed by atoms with E-state index in [1.54, 1.807) is 30.3 Å². The van der Waals surface area contributed by atoms with Gasteiger partial charge in [-0.05, 0) is 17.7 Å². The van der Waals surface area contributed by atoms with Crippen molar-refractivity contribution in [3.8, 4) is 0 Å². The molecule has 2 rings (SSSR count). The highest BCUT2D eigenvalue weighted by molar-refractivity contribution is 7.89. The van der Waals surface area contributed by atoms with Crippen molar-refractivity contribution < 1.29 is 13.2 Å². The summed E-state index contributed by atoms with van der Waals surface area (Å²) in [7, 11) is -3.79. The zero-order chi connectivity index (χ0) is 16.0. The van der Waals surface area contributed by atoms with Crippen LogP contribution >= 0.6 is 0 Å². The summed E-state index contributed by atoms with van der Waals surface area (Å²) in [4.78, 5) is 11.7. The number of nitrogens with two attached hydrogens (primary N) is 1. The Hall–Kier alpha value is -2.22. The summed E-state index contributed by atoms with van der Waals surface area (Å²) in [6.07, 6.45) is 0. The lowest BCUT2D eigenvalue weighted by Gasteiger charge is -2.21. The molecule has 0 fully saturated rings. The molecule has 0 radical (unpaired) electrons. The summed E-state index contributed by atoms with van der Waals surface area (Å²) in [5.41, 5.74) is 2.74. The van der Waals surface area contributed by atoms with Crippen molar-refractivity contribution in [1.82, 2.24) is 9.73 Å². The van der Waals surface area contributed by atoms with Gasteiger partial charge in [-0.3, -0.25) is 10.2 Å². The fourth-order valence-corrected chi connectivity index (χ4v) is 3.37. The molecule has 0 saturated heterocycles. The molecule has 0 spiro atoms. The molecule has 3 N–H and O–H groups in total. The third kappa shape index (κ3) is 3.91. The van der Waals surface area contributed by atoms with E-state index in [9.17, 15) is 13.2 Å². The molecule has 1 amide bonds. The second-order valence-electron chi connectivity index (χ2n) is 4.64. The minimum Gasteiger partial charge on any atom is -0.293 e. The van der Waals surface area contributed by atoms with Crippen LogP contribution in [0.3, 0.4) is 0 Å². The highest BCUT2D eigenvalue weighted by Gasteiger charge is 2.26. The van der Waals surface area contributed by atoms with E-state index >= 15 is 0 Å². The van der Waals surface area contributed by atoms with E-state index in [2.05, 4.69) is 0 Å². The van der Waals surface area contributed by atoms with E-state index in [0.717, 1.165) is 9.87 Å². The van der Waals surface area contributed by atoms with Crippen molar-refractivity contribution >= 4 is 15.9 Å². The zero-order valence-corrected chi connectivity index (χ0v) is 12.7. The van der Waals surface area contributed by atoms with E-state index < -0.39 is 15.9 Å². The topological polar surface area (TPSA) is 92.5 Å². The smallest absolute Gasteiger partial charge is 0.249 e. The molecule has 0 aliphatic carbocycles. The van der Waals surface area contributed by atoms with E-state index in [-0.39, 0.29) is 18.0 Å². The first kappa shape index (κ1) is 16.2. The average Bonchev–Trinajstić information content (AvgIpc) is 2.56. The number of hydrogen-bond donors (Lipinski definition) is 2. The number of hydrazine groups is 1. The molecule has 116 valence electrons. The van der Waals surface area contributed by atoms with Gasteiger partial charge in [0.05, 0.1) is 11.4 Å². The molecule has 0 unspecified atom stereocenters. The molecule has 2 aromatic carbocycles. The van der Waals surface area contributed by atoms with Crippen molar-refractivity contribution in [2.75, 3.05) is 6.54 Å². The molecule has 0 aliphatic rings. The van der Waals surface area contributed by atoms with Gasteiger partial charge in [0.15, 0.2) is 0 Å². The minimum atomic E-state index is -3.79. The predicted molar refractivity (Wildman–Crippen MR) is 82.8 cm³/mol. The first-order valence-corrected chi connectivity index (χ1v) is 8.06. The molecule has 7 heteroatoms. The first-order valence-electron chi connectivity index (χ1n) is 6.62. The van der Waals surface area contributed by atoms with Gasteiger partial charge in [0, 0.05) is 6.54 Å². The Labute approximate surface area is 129 Å². The van der Waals surface area contributed by atoms with Crippen LogP contribution in [-0.4, -0.2) is 25.2 Å².